The second-order valence-corrected chi connectivity index (χ2v) is 8.90. The van der Waals surface area contributed by atoms with E-state index in [0.717, 1.165) is 5.01 Å². The quantitative estimate of drug-likeness (QED) is 0.809. The molecule has 140 valence electrons. The van der Waals surface area contributed by atoms with Crippen molar-refractivity contribution in [1.82, 2.24) is 10.2 Å². The molecule has 0 unspecified atom stereocenters. The standard InChI is InChI=1S/C20H27N3O2S/c1-20(2,3)15-9-11-16(12-10-15)25-13-17(24)21-19-23-22-18(26-19)14-7-5-4-6-8-14/h9-12,14H,4-8,13H2,1-3H3,(H,21,23,24). The lowest BCUT2D eigenvalue weighted by Gasteiger charge is -2.19. The van der Waals surface area contributed by atoms with E-state index < -0.39 is 0 Å². The summed E-state index contributed by atoms with van der Waals surface area (Å²) in [5, 5.41) is 12.7. The molecule has 0 aliphatic heterocycles. The fraction of sp³-hybridized carbons (Fsp3) is 0.550. The number of nitrogens with zero attached hydrogens (tertiary/aromatic N) is 2. The lowest BCUT2D eigenvalue weighted by molar-refractivity contribution is -0.118. The van der Waals surface area contributed by atoms with Gasteiger partial charge in [-0.05, 0) is 36.0 Å². The van der Waals surface area contributed by atoms with E-state index in [0.29, 0.717) is 16.8 Å². The smallest absolute Gasteiger partial charge is 0.264 e. The first-order valence-electron chi connectivity index (χ1n) is 9.28. The number of carbonyl (C=O) groups excluding carboxylic acids is 1. The van der Waals surface area contributed by atoms with Gasteiger partial charge in [0, 0.05) is 5.92 Å². The molecule has 1 saturated carbocycles. The third-order valence-corrected chi connectivity index (χ3v) is 5.73. The normalized spacial score (nSPS) is 15.7. The fourth-order valence-electron chi connectivity index (χ4n) is 3.15. The molecule has 1 aromatic heterocycles. The van der Waals surface area contributed by atoms with Crippen molar-refractivity contribution < 1.29 is 9.53 Å². The van der Waals surface area contributed by atoms with Crippen LogP contribution in [0.5, 0.6) is 5.75 Å². The molecule has 0 bridgehead atoms. The van der Waals surface area contributed by atoms with Gasteiger partial charge in [-0.2, -0.15) is 0 Å². The van der Waals surface area contributed by atoms with E-state index in [1.807, 2.05) is 24.3 Å². The van der Waals surface area contributed by atoms with E-state index in [2.05, 4.69) is 36.3 Å². The number of carbonyl (C=O) groups is 1. The van der Waals surface area contributed by atoms with Crippen molar-refractivity contribution in [3.63, 3.8) is 0 Å². The topological polar surface area (TPSA) is 64.1 Å². The lowest BCUT2D eigenvalue weighted by atomic mass is 9.87. The van der Waals surface area contributed by atoms with Crippen LogP contribution in [0, 0.1) is 0 Å². The van der Waals surface area contributed by atoms with E-state index >= 15 is 0 Å². The van der Waals surface area contributed by atoms with Gasteiger partial charge in [0.1, 0.15) is 10.8 Å². The summed E-state index contributed by atoms with van der Waals surface area (Å²) < 4.78 is 5.58. The van der Waals surface area contributed by atoms with E-state index in [-0.39, 0.29) is 17.9 Å². The third kappa shape index (κ3) is 5.04. The molecule has 1 aromatic carbocycles. The van der Waals surface area contributed by atoms with Crippen molar-refractivity contribution in [2.75, 3.05) is 11.9 Å². The van der Waals surface area contributed by atoms with Crippen molar-refractivity contribution in [3.8, 4) is 5.75 Å². The molecule has 1 fully saturated rings. The Morgan fingerprint density at radius 2 is 1.85 bits per heavy atom. The Labute approximate surface area is 159 Å². The van der Waals surface area contributed by atoms with Crippen LogP contribution in [0.3, 0.4) is 0 Å². The van der Waals surface area contributed by atoms with Crippen LogP contribution in [0.2, 0.25) is 0 Å². The minimum absolute atomic E-state index is 0.0345. The molecule has 0 spiro atoms. The average molecular weight is 374 g/mol. The van der Waals surface area contributed by atoms with Crippen LogP contribution in [0.15, 0.2) is 24.3 Å². The summed E-state index contributed by atoms with van der Waals surface area (Å²) in [6.45, 7) is 6.47. The van der Waals surface area contributed by atoms with Crippen LogP contribution >= 0.6 is 11.3 Å². The van der Waals surface area contributed by atoms with Gasteiger partial charge in [0.2, 0.25) is 5.13 Å². The number of anilines is 1. The van der Waals surface area contributed by atoms with E-state index in [1.54, 1.807) is 0 Å². The van der Waals surface area contributed by atoms with Crippen molar-refractivity contribution in [2.24, 2.45) is 0 Å². The number of hydrogen-bond acceptors (Lipinski definition) is 5. The molecule has 6 heteroatoms. The summed E-state index contributed by atoms with van der Waals surface area (Å²) in [6.07, 6.45) is 6.18. The molecule has 1 aliphatic rings. The molecular formula is C20H27N3O2S. The first-order valence-corrected chi connectivity index (χ1v) is 10.1. The molecule has 1 amide bonds. The van der Waals surface area contributed by atoms with Gasteiger partial charge in [0.15, 0.2) is 6.61 Å². The number of ether oxygens (including phenoxy) is 1. The third-order valence-electron chi connectivity index (χ3n) is 4.73. The van der Waals surface area contributed by atoms with Gasteiger partial charge in [0.05, 0.1) is 0 Å². The van der Waals surface area contributed by atoms with Crippen LogP contribution in [0.25, 0.3) is 0 Å². The lowest BCUT2D eigenvalue weighted by Crippen LogP contribution is -2.20. The summed E-state index contributed by atoms with van der Waals surface area (Å²) in [7, 11) is 0. The van der Waals surface area contributed by atoms with Gasteiger partial charge in [0.25, 0.3) is 5.91 Å². The zero-order valence-electron chi connectivity index (χ0n) is 15.7. The molecule has 26 heavy (non-hydrogen) atoms. The first kappa shape index (κ1) is 18.8. The zero-order chi connectivity index (χ0) is 18.6. The van der Waals surface area contributed by atoms with Crippen LogP contribution in [0.1, 0.15) is 69.4 Å². The van der Waals surface area contributed by atoms with Gasteiger partial charge in [-0.25, -0.2) is 0 Å². The monoisotopic (exact) mass is 373 g/mol. The molecule has 1 N–H and O–H groups in total. The Bertz CT molecular complexity index is 728. The summed E-state index contributed by atoms with van der Waals surface area (Å²) in [4.78, 5) is 12.1. The second-order valence-electron chi connectivity index (χ2n) is 7.89. The number of amides is 1. The number of rotatable bonds is 5. The highest BCUT2D eigenvalue weighted by Gasteiger charge is 2.20. The van der Waals surface area contributed by atoms with Crippen molar-refractivity contribution >= 4 is 22.4 Å². The molecule has 0 atom stereocenters. The number of aromatic nitrogens is 2. The predicted octanol–water partition coefficient (Wildman–Crippen LogP) is 4.90. The molecule has 2 aromatic rings. The van der Waals surface area contributed by atoms with Crippen LogP contribution in [0.4, 0.5) is 5.13 Å². The molecule has 1 aliphatic carbocycles. The van der Waals surface area contributed by atoms with Crippen molar-refractivity contribution in [3.05, 3.63) is 34.8 Å². The van der Waals surface area contributed by atoms with Crippen LogP contribution in [-0.4, -0.2) is 22.7 Å². The van der Waals surface area contributed by atoms with E-state index in [1.165, 1.54) is 49.0 Å². The highest BCUT2D eigenvalue weighted by Crippen LogP contribution is 2.35. The molecular weight excluding hydrogens is 346 g/mol. The summed E-state index contributed by atoms with van der Waals surface area (Å²) in [5.74, 6) is 0.981. The molecule has 0 radical (unpaired) electrons. The molecule has 1 heterocycles. The highest BCUT2D eigenvalue weighted by atomic mass is 32.1. The van der Waals surface area contributed by atoms with Gasteiger partial charge in [-0.1, -0.05) is 63.5 Å². The SMILES string of the molecule is CC(C)(C)c1ccc(OCC(=O)Nc2nnc(C3CCCCC3)s2)cc1. The van der Waals surface area contributed by atoms with E-state index in [4.69, 9.17) is 4.74 Å². The Morgan fingerprint density at radius 1 is 1.15 bits per heavy atom. The maximum atomic E-state index is 12.1. The molecule has 5 nitrogen and oxygen atoms in total. The highest BCUT2D eigenvalue weighted by molar-refractivity contribution is 7.15. The predicted molar refractivity (Wildman–Crippen MR) is 105 cm³/mol. The van der Waals surface area contributed by atoms with Gasteiger partial charge in [-0.3, -0.25) is 10.1 Å². The summed E-state index contributed by atoms with van der Waals surface area (Å²) in [5.41, 5.74) is 1.34. The number of benzene rings is 1. The zero-order valence-corrected chi connectivity index (χ0v) is 16.6. The maximum Gasteiger partial charge on any atom is 0.264 e. The van der Waals surface area contributed by atoms with Gasteiger partial charge in [-0.15, -0.1) is 10.2 Å². The largest absolute Gasteiger partial charge is 0.484 e. The minimum Gasteiger partial charge on any atom is -0.484 e. The average Bonchev–Trinajstić information content (AvgIpc) is 3.09. The van der Waals surface area contributed by atoms with Gasteiger partial charge < -0.3 is 4.74 Å². The Balaban J connectivity index is 1.49. The summed E-state index contributed by atoms with van der Waals surface area (Å²) >= 11 is 1.48. The van der Waals surface area contributed by atoms with Crippen molar-refractivity contribution in [2.45, 2.75) is 64.2 Å². The molecule has 0 saturated heterocycles. The number of nitrogens with one attached hydrogen (secondary N) is 1. The first-order chi connectivity index (χ1) is 12.4. The van der Waals surface area contributed by atoms with E-state index in [9.17, 15) is 4.79 Å². The fourth-order valence-corrected chi connectivity index (χ4v) is 4.08. The van der Waals surface area contributed by atoms with Crippen molar-refractivity contribution in [1.29, 1.82) is 0 Å². The maximum absolute atomic E-state index is 12.1. The Hall–Kier alpha value is -1.95. The number of hydrogen-bond donors (Lipinski definition) is 1. The van der Waals surface area contributed by atoms with Crippen LogP contribution in [-0.2, 0) is 10.2 Å². The Kier molecular flexibility index (Phi) is 5.91. The second kappa shape index (κ2) is 8.16. The summed E-state index contributed by atoms with van der Waals surface area (Å²) in [6, 6.07) is 7.88. The Morgan fingerprint density at radius 3 is 2.50 bits per heavy atom. The van der Waals surface area contributed by atoms with Crippen LogP contribution < -0.4 is 10.1 Å². The molecule has 3 rings (SSSR count). The van der Waals surface area contributed by atoms with Gasteiger partial charge >= 0.3 is 0 Å². The minimum atomic E-state index is -0.212.